The number of hydrogen-bond acceptors (Lipinski definition) is 4. The van der Waals surface area contributed by atoms with E-state index in [2.05, 4.69) is 0 Å². The van der Waals surface area contributed by atoms with Crippen molar-refractivity contribution < 1.29 is 24.2 Å². The Balaban J connectivity index is 1.98. The van der Waals surface area contributed by atoms with Crippen LogP contribution in [0.15, 0.2) is 24.3 Å². The van der Waals surface area contributed by atoms with Gasteiger partial charge in [-0.25, -0.2) is 4.79 Å². The fraction of sp³-hybridized carbons (Fsp3) is 0.500. The Bertz CT molecular complexity index is 543. The number of nitrogens with zero attached hydrogens (tertiary/aromatic N) is 1. The molecule has 6 heteroatoms. The first kappa shape index (κ1) is 16.3. The van der Waals surface area contributed by atoms with Crippen LogP contribution in [0, 0.1) is 0 Å². The van der Waals surface area contributed by atoms with Crippen molar-refractivity contribution in [3.8, 4) is 5.75 Å². The first-order valence-electron chi connectivity index (χ1n) is 7.33. The number of ether oxygens (including phenoxy) is 2. The van der Waals surface area contributed by atoms with Gasteiger partial charge in [-0.1, -0.05) is 12.1 Å². The molecule has 0 aliphatic carbocycles. The van der Waals surface area contributed by atoms with E-state index in [1.54, 1.807) is 0 Å². The summed E-state index contributed by atoms with van der Waals surface area (Å²) in [6, 6.07) is 7.40. The molecule has 1 atom stereocenters. The van der Waals surface area contributed by atoms with Crippen molar-refractivity contribution in [2.24, 2.45) is 0 Å². The minimum absolute atomic E-state index is 0.0709. The zero-order valence-electron chi connectivity index (χ0n) is 12.8. The highest BCUT2D eigenvalue weighted by molar-refractivity contribution is 5.80. The molecule has 120 valence electrons. The van der Waals surface area contributed by atoms with Gasteiger partial charge < -0.3 is 19.5 Å². The minimum atomic E-state index is -1.04. The quantitative estimate of drug-likeness (QED) is 0.888. The van der Waals surface area contributed by atoms with Crippen LogP contribution < -0.4 is 4.74 Å². The summed E-state index contributed by atoms with van der Waals surface area (Å²) in [7, 11) is 0. The zero-order valence-corrected chi connectivity index (χ0v) is 12.8. The average molecular weight is 307 g/mol. The molecule has 1 aliphatic heterocycles. The Kier molecular flexibility index (Phi) is 5.38. The van der Waals surface area contributed by atoms with Gasteiger partial charge in [0.2, 0.25) is 5.91 Å². The van der Waals surface area contributed by atoms with Crippen LogP contribution in [-0.2, 0) is 20.7 Å². The number of carboxylic acid groups (broad SMARTS) is 1. The van der Waals surface area contributed by atoms with Gasteiger partial charge in [0.05, 0.1) is 25.7 Å². The number of aliphatic carboxylic acids is 1. The lowest BCUT2D eigenvalue weighted by Crippen LogP contribution is -2.49. The van der Waals surface area contributed by atoms with Gasteiger partial charge in [-0.3, -0.25) is 4.79 Å². The first-order valence-corrected chi connectivity index (χ1v) is 7.33. The van der Waals surface area contributed by atoms with Crippen molar-refractivity contribution in [2.75, 3.05) is 19.7 Å². The molecular formula is C16H21NO5. The van der Waals surface area contributed by atoms with Crippen LogP contribution in [0.25, 0.3) is 0 Å². The lowest BCUT2D eigenvalue weighted by Gasteiger charge is -2.31. The standard InChI is InChI=1S/C16H21NO5/c1-11(2)22-13-5-3-4-12(8-13)9-15(18)17-6-7-21-14(10-17)16(19)20/h3-5,8,11,14H,6-7,9-10H2,1-2H3,(H,19,20). The van der Waals surface area contributed by atoms with E-state index in [-0.39, 0.29) is 31.6 Å². The smallest absolute Gasteiger partial charge is 0.334 e. The van der Waals surface area contributed by atoms with Crippen LogP contribution in [0.4, 0.5) is 0 Å². The van der Waals surface area contributed by atoms with Gasteiger partial charge in [0.1, 0.15) is 5.75 Å². The summed E-state index contributed by atoms with van der Waals surface area (Å²) in [5, 5.41) is 8.97. The Morgan fingerprint density at radius 1 is 1.45 bits per heavy atom. The summed E-state index contributed by atoms with van der Waals surface area (Å²) in [4.78, 5) is 24.8. The van der Waals surface area contributed by atoms with Crippen LogP contribution in [-0.4, -0.2) is 53.8 Å². The Morgan fingerprint density at radius 2 is 2.23 bits per heavy atom. The van der Waals surface area contributed by atoms with Crippen LogP contribution in [0.1, 0.15) is 19.4 Å². The van der Waals surface area contributed by atoms with Gasteiger partial charge in [-0.15, -0.1) is 0 Å². The SMILES string of the molecule is CC(C)Oc1cccc(CC(=O)N2CCOC(C(=O)O)C2)c1. The van der Waals surface area contributed by atoms with Crippen molar-refractivity contribution in [1.82, 2.24) is 4.90 Å². The third kappa shape index (κ3) is 4.46. The molecule has 1 heterocycles. The molecule has 1 N–H and O–H groups in total. The number of hydrogen-bond donors (Lipinski definition) is 1. The maximum Gasteiger partial charge on any atom is 0.334 e. The van der Waals surface area contributed by atoms with Crippen molar-refractivity contribution in [2.45, 2.75) is 32.5 Å². The van der Waals surface area contributed by atoms with Crippen molar-refractivity contribution in [3.63, 3.8) is 0 Å². The van der Waals surface area contributed by atoms with E-state index < -0.39 is 12.1 Å². The topological polar surface area (TPSA) is 76.1 Å². The molecule has 0 bridgehead atoms. The molecule has 1 aromatic carbocycles. The lowest BCUT2D eigenvalue weighted by atomic mass is 10.1. The molecule has 0 radical (unpaired) electrons. The number of carbonyl (C=O) groups excluding carboxylic acids is 1. The molecule has 1 saturated heterocycles. The first-order chi connectivity index (χ1) is 10.5. The van der Waals surface area contributed by atoms with Crippen molar-refractivity contribution in [3.05, 3.63) is 29.8 Å². The fourth-order valence-corrected chi connectivity index (χ4v) is 2.31. The molecular weight excluding hydrogens is 286 g/mol. The second-order valence-electron chi connectivity index (χ2n) is 5.53. The fourth-order valence-electron chi connectivity index (χ4n) is 2.31. The monoisotopic (exact) mass is 307 g/mol. The van der Waals surface area contributed by atoms with E-state index in [1.807, 2.05) is 38.1 Å². The maximum atomic E-state index is 12.3. The molecule has 2 rings (SSSR count). The molecule has 0 aromatic heterocycles. The summed E-state index contributed by atoms with van der Waals surface area (Å²) >= 11 is 0. The summed E-state index contributed by atoms with van der Waals surface area (Å²) in [5.74, 6) is -0.410. The van der Waals surface area contributed by atoms with Crippen LogP contribution in [0.5, 0.6) is 5.75 Å². The van der Waals surface area contributed by atoms with Crippen LogP contribution >= 0.6 is 0 Å². The molecule has 1 amide bonds. The van der Waals surface area contributed by atoms with Crippen LogP contribution in [0.2, 0.25) is 0 Å². The Labute approximate surface area is 129 Å². The summed E-state index contributed by atoms with van der Waals surface area (Å²) in [6.45, 7) is 4.65. The predicted molar refractivity (Wildman–Crippen MR) is 79.9 cm³/mol. The highest BCUT2D eigenvalue weighted by Gasteiger charge is 2.28. The Morgan fingerprint density at radius 3 is 2.91 bits per heavy atom. The normalized spacial score (nSPS) is 18.3. The molecule has 0 spiro atoms. The van der Waals surface area contributed by atoms with Crippen molar-refractivity contribution >= 4 is 11.9 Å². The minimum Gasteiger partial charge on any atom is -0.491 e. The second-order valence-corrected chi connectivity index (χ2v) is 5.53. The van der Waals surface area contributed by atoms with Gasteiger partial charge >= 0.3 is 5.97 Å². The molecule has 22 heavy (non-hydrogen) atoms. The van der Waals surface area contributed by atoms with Gasteiger partial charge in [0.25, 0.3) is 0 Å². The van der Waals surface area contributed by atoms with Crippen LogP contribution in [0.3, 0.4) is 0 Å². The van der Waals surface area contributed by atoms with E-state index in [1.165, 1.54) is 4.90 Å². The van der Waals surface area contributed by atoms with Gasteiger partial charge in [-0.05, 0) is 31.5 Å². The lowest BCUT2D eigenvalue weighted by molar-refractivity contribution is -0.159. The third-order valence-electron chi connectivity index (χ3n) is 3.32. The molecule has 6 nitrogen and oxygen atoms in total. The van der Waals surface area contributed by atoms with E-state index in [0.717, 1.165) is 11.3 Å². The number of carbonyl (C=O) groups is 2. The number of morpholine rings is 1. The summed E-state index contributed by atoms with van der Waals surface area (Å²) in [6.07, 6.45) is -0.642. The van der Waals surface area contributed by atoms with E-state index >= 15 is 0 Å². The van der Waals surface area contributed by atoms with Gasteiger partial charge in [0.15, 0.2) is 6.10 Å². The van der Waals surface area contributed by atoms with Gasteiger partial charge in [0, 0.05) is 6.54 Å². The largest absolute Gasteiger partial charge is 0.491 e. The number of benzene rings is 1. The summed E-state index contributed by atoms with van der Waals surface area (Å²) in [5.41, 5.74) is 0.849. The van der Waals surface area contributed by atoms with Gasteiger partial charge in [-0.2, -0.15) is 0 Å². The highest BCUT2D eigenvalue weighted by atomic mass is 16.5. The van der Waals surface area contributed by atoms with Crippen molar-refractivity contribution in [1.29, 1.82) is 0 Å². The zero-order chi connectivity index (χ0) is 16.1. The molecule has 0 saturated carbocycles. The highest BCUT2D eigenvalue weighted by Crippen LogP contribution is 2.16. The number of rotatable bonds is 5. The Hall–Kier alpha value is -2.08. The second kappa shape index (κ2) is 7.26. The summed E-state index contributed by atoms with van der Waals surface area (Å²) < 4.78 is 10.7. The number of carboxylic acids is 1. The number of amides is 1. The average Bonchev–Trinajstić information content (AvgIpc) is 2.47. The van der Waals surface area contributed by atoms with E-state index in [4.69, 9.17) is 14.6 Å². The van der Waals surface area contributed by atoms with E-state index in [0.29, 0.717) is 6.54 Å². The third-order valence-corrected chi connectivity index (χ3v) is 3.32. The molecule has 1 fully saturated rings. The van der Waals surface area contributed by atoms with E-state index in [9.17, 15) is 9.59 Å². The molecule has 1 aliphatic rings. The molecule has 1 aromatic rings. The molecule has 1 unspecified atom stereocenters. The maximum absolute atomic E-state index is 12.3. The predicted octanol–water partition coefficient (Wildman–Crippen LogP) is 1.33.